The van der Waals surface area contributed by atoms with Crippen LogP contribution < -0.4 is 0 Å². The summed E-state index contributed by atoms with van der Waals surface area (Å²) in [5, 5.41) is 15.4. The molecule has 1 saturated heterocycles. The summed E-state index contributed by atoms with van der Waals surface area (Å²) < 4.78 is 1.60. The molecule has 0 spiro atoms. The van der Waals surface area contributed by atoms with Crippen molar-refractivity contribution in [2.75, 3.05) is 32.7 Å². The Kier molecular flexibility index (Phi) is 5.16. The van der Waals surface area contributed by atoms with E-state index in [0.29, 0.717) is 0 Å². The van der Waals surface area contributed by atoms with E-state index in [2.05, 4.69) is 58.0 Å². The first-order valence-electron chi connectivity index (χ1n) is 9.71. The third-order valence-electron chi connectivity index (χ3n) is 5.42. The van der Waals surface area contributed by atoms with Gasteiger partial charge < -0.3 is 10.0 Å². The lowest BCUT2D eigenvalue weighted by Crippen LogP contribution is -2.47. The van der Waals surface area contributed by atoms with E-state index in [1.165, 1.54) is 11.1 Å². The molecule has 144 valence electrons. The minimum atomic E-state index is 0.0307. The van der Waals surface area contributed by atoms with Gasteiger partial charge in [0.15, 0.2) is 5.82 Å². The number of aryl methyl sites for hydroxylation is 2. The summed E-state index contributed by atoms with van der Waals surface area (Å²) in [5.74, 6) is 0.997. The van der Waals surface area contributed by atoms with Gasteiger partial charge in [0, 0.05) is 32.6 Å². The van der Waals surface area contributed by atoms with Crippen molar-refractivity contribution in [1.82, 2.24) is 24.4 Å². The zero-order valence-corrected chi connectivity index (χ0v) is 17.0. The number of nitrogens with zero attached hydrogens (tertiary/aromatic N) is 5. The molecule has 1 aliphatic rings. The largest absolute Gasteiger partial charge is 0.492 e. The number of hydrogen-bond donors (Lipinski definition) is 1. The Bertz CT molecular complexity index is 908. The van der Waals surface area contributed by atoms with E-state index in [-0.39, 0.29) is 11.9 Å². The number of thiazole rings is 1. The highest BCUT2D eigenvalue weighted by molar-refractivity contribution is 7.17. The number of hydrogen-bond acceptors (Lipinski definition) is 6. The molecule has 0 unspecified atom stereocenters. The van der Waals surface area contributed by atoms with Crippen molar-refractivity contribution in [3.63, 3.8) is 0 Å². The molecule has 4 rings (SSSR count). The van der Waals surface area contributed by atoms with Crippen LogP contribution in [-0.2, 0) is 6.42 Å². The molecule has 3 heterocycles. The summed E-state index contributed by atoms with van der Waals surface area (Å²) in [4.78, 5) is 11.2. The van der Waals surface area contributed by atoms with Crippen molar-refractivity contribution in [2.45, 2.75) is 33.2 Å². The third kappa shape index (κ3) is 3.47. The molecule has 3 aromatic rings. The van der Waals surface area contributed by atoms with Crippen molar-refractivity contribution in [1.29, 1.82) is 0 Å². The second-order valence-corrected chi connectivity index (χ2v) is 8.16. The molecule has 0 saturated carbocycles. The van der Waals surface area contributed by atoms with Crippen LogP contribution in [0.4, 0.5) is 0 Å². The quantitative estimate of drug-likeness (QED) is 0.731. The summed E-state index contributed by atoms with van der Waals surface area (Å²) in [6.45, 7) is 11.5. The summed E-state index contributed by atoms with van der Waals surface area (Å²) in [7, 11) is 0. The molecule has 0 aliphatic carbocycles. The van der Waals surface area contributed by atoms with Gasteiger partial charge >= 0.3 is 0 Å². The van der Waals surface area contributed by atoms with E-state index in [1.807, 2.05) is 6.92 Å². The molecule has 0 radical (unpaired) electrons. The van der Waals surface area contributed by atoms with E-state index in [4.69, 9.17) is 0 Å². The molecule has 1 aromatic carbocycles. The molecule has 1 fully saturated rings. The van der Waals surface area contributed by atoms with Crippen LogP contribution in [0.2, 0.25) is 0 Å². The third-order valence-corrected chi connectivity index (χ3v) is 6.49. The lowest BCUT2D eigenvalue weighted by Gasteiger charge is -2.38. The predicted octanol–water partition coefficient (Wildman–Crippen LogP) is 3.09. The average molecular weight is 386 g/mol. The zero-order valence-electron chi connectivity index (χ0n) is 16.2. The summed E-state index contributed by atoms with van der Waals surface area (Å²) >= 11 is 1.55. The average Bonchev–Trinajstić information content (AvgIpc) is 3.23. The highest BCUT2D eigenvalue weighted by Gasteiger charge is 2.31. The maximum absolute atomic E-state index is 10.9. The van der Waals surface area contributed by atoms with Gasteiger partial charge in [-0.1, -0.05) is 55.0 Å². The van der Waals surface area contributed by atoms with Crippen LogP contribution in [0.5, 0.6) is 5.88 Å². The SMILES string of the molecule is CCc1nc2sc([C@H](c3ccc(C)cc3)N3CCN(CC)CC3)c(O)n2n1. The molecule has 1 N–H and O–H groups in total. The molecule has 0 bridgehead atoms. The summed E-state index contributed by atoms with van der Waals surface area (Å²) in [6, 6.07) is 8.68. The van der Waals surface area contributed by atoms with Gasteiger partial charge in [0.25, 0.3) is 0 Å². The molecule has 7 heteroatoms. The Morgan fingerprint density at radius 3 is 2.41 bits per heavy atom. The Balaban J connectivity index is 1.74. The van der Waals surface area contributed by atoms with E-state index in [0.717, 1.165) is 54.8 Å². The Labute approximate surface area is 164 Å². The lowest BCUT2D eigenvalue weighted by molar-refractivity contribution is 0.113. The van der Waals surface area contributed by atoms with Crippen molar-refractivity contribution >= 4 is 16.3 Å². The number of benzene rings is 1. The van der Waals surface area contributed by atoms with Crippen LogP contribution in [0.1, 0.15) is 41.7 Å². The Morgan fingerprint density at radius 2 is 1.81 bits per heavy atom. The van der Waals surface area contributed by atoms with Crippen LogP contribution in [0.25, 0.3) is 4.96 Å². The summed E-state index contributed by atoms with van der Waals surface area (Å²) in [5.41, 5.74) is 2.45. The molecular formula is C20H27N5OS. The van der Waals surface area contributed by atoms with Gasteiger partial charge in [0.05, 0.1) is 10.9 Å². The first kappa shape index (κ1) is 18.4. The normalized spacial score (nSPS) is 17.6. The minimum Gasteiger partial charge on any atom is -0.492 e. The number of likely N-dealkylation sites (N-methyl/N-ethyl adjacent to an activating group) is 1. The molecule has 6 nitrogen and oxygen atoms in total. The van der Waals surface area contributed by atoms with Crippen molar-refractivity contribution < 1.29 is 5.11 Å². The molecular weight excluding hydrogens is 358 g/mol. The van der Waals surface area contributed by atoms with E-state index in [1.54, 1.807) is 15.9 Å². The zero-order chi connectivity index (χ0) is 19.0. The van der Waals surface area contributed by atoms with Gasteiger partial charge in [0.2, 0.25) is 10.8 Å². The first-order valence-corrected chi connectivity index (χ1v) is 10.5. The first-order chi connectivity index (χ1) is 13.1. The second-order valence-electron chi connectivity index (χ2n) is 7.15. The van der Waals surface area contributed by atoms with Gasteiger partial charge in [-0.25, -0.2) is 4.98 Å². The van der Waals surface area contributed by atoms with Crippen molar-refractivity contribution in [3.05, 3.63) is 46.1 Å². The highest BCUT2D eigenvalue weighted by atomic mass is 32.1. The van der Waals surface area contributed by atoms with Crippen LogP contribution >= 0.6 is 11.3 Å². The number of aromatic nitrogens is 3. The van der Waals surface area contributed by atoms with Crippen LogP contribution in [-0.4, -0.2) is 62.2 Å². The second kappa shape index (κ2) is 7.58. The maximum atomic E-state index is 10.9. The monoisotopic (exact) mass is 385 g/mol. The van der Waals surface area contributed by atoms with Crippen LogP contribution in [0, 0.1) is 6.92 Å². The summed E-state index contributed by atoms with van der Waals surface area (Å²) in [6.07, 6.45) is 0.767. The highest BCUT2D eigenvalue weighted by Crippen LogP contribution is 2.40. The fourth-order valence-corrected chi connectivity index (χ4v) is 4.87. The van der Waals surface area contributed by atoms with Gasteiger partial charge in [-0.2, -0.15) is 4.52 Å². The number of piperazine rings is 1. The minimum absolute atomic E-state index is 0.0307. The molecule has 27 heavy (non-hydrogen) atoms. The number of rotatable bonds is 5. The molecule has 1 atom stereocenters. The van der Waals surface area contributed by atoms with Gasteiger partial charge in [-0.15, -0.1) is 5.10 Å². The predicted molar refractivity (Wildman–Crippen MR) is 109 cm³/mol. The molecule has 0 amide bonds. The fourth-order valence-electron chi connectivity index (χ4n) is 3.73. The number of aromatic hydroxyl groups is 1. The van der Waals surface area contributed by atoms with Gasteiger partial charge in [-0.3, -0.25) is 4.90 Å². The van der Waals surface area contributed by atoms with E-state index in [9.17, 15) is 5.11 Å². The molecule has 2 aromatic heterocycles. The van der Waals surface area contributed by atoms with Crippen molar-refractivity contribution in [3.8, 4) is 5.88 Å². The topological polar surface area (TPSA) is 56.9 Å². The van der Waals surface area contributed by atoms with Gasteiger partial charge in [0.1, 0.15) is 0 Å². The van der Waals surface area contributed by atoms with Gasteiger partial charge in [-0.05, 0) is 19.0 Å². The van der Waals surface area contributed by atoms with E-state index >= 15 is 0 Å². The van der Waals surface area contributed by atoms with Crippen LogP contribution in [0.15, 0.2) is 24.3 Å². The Hall–Kier alpha value is -1.96. The molecule has 1 aliphatic heterocycles. The van der Waals surface area contributed by atoms with Crippen molar-refractivity contribution in [2.24, 2.45) is 0 Å². The Morgan fingerprint density at radius 1 is 1.11 bits per heavy atom. The van der Waals surface area contributed by atoms with E-state index < -0.39 is 0 Å². The fraction of sp³-hybridized carbons (Fsp3) is 0.500. The van der Waals surface area contributed by atoms with Crippen LogP contribution in [0.3, 0.4) is 0 Å². The lowest BCUT2D eigenvalue weighted by atomic mass is 10.0. The number of fused-ring (bicyclic) bond motifs is 1. The standard InChI is InChI=1S/C20H27N5OS/c1-4-16-21-20-25(22-16)19(26)18(27-20)17(15-8-6-14(3)7-9-15)24-12-10-23(5-2)11-13-24/h6-9,17,26H,4-5,10-13H2,1-3H3/t17-/m0/s1. The maximum Gasteiger partial charge on any atom is 0.230 e. The smallest absolute Gasteiger partial charge is 0.230 e.